The topological polar surface area (TPSA) is 53.6 Å². The van der Waals surface area contributed by atoms with Crippen LogP contribution in [0.4, 0.5) is 4.79 Å². The Morgan fingerprint density at radius 1 is 1.06 bits per heavy atom. The van der Waals surface area contributed by atoms with Gasteiger partial charge in [0.15, 0.2) is 0 Å². The van der Waals surface area contributed by atoms with Crippen LogP contribution in [0, 0.1) is 11.8 Å². The number of nitrogens with zero attached hydrogens (tertiary/aromatic N) is 1. The number of likely N-dealkylation sites (tertiary alicyclic amines) is 1. The highest BCUT2D eigenvalue weighted by atomic mass is 32.1. The number of alkyl carbamates (subject to hydrolysis) is 1. The minimum Gasteiger partial charge on any atom is -0.444 e. The summed E-state index contributed by atoms with van der Waals surface area (Å²) < 4.78 is 5.52. The smallest absolute Gasteiger partial charge is 0.408 e. The van der Waals surface area contributed by atoms with Crippen LogP contribution in [0.5, 0.6) is 0 Å². The molecule has 1 aliphatic heterocycles. The van der Waals surface area contributed by atoms with Crippen molar-refractivity contribution < 1.29 is 9.53 Å². The van der Waals surface area contributed by atoms with Gasteiger partial charge in [0.05, 0.1) is 11.0 Å². The zero-order valence-electron chi connectivity index (χ0n) is 21.5. The van der Waals surface area contributed by atoms with Crippen molar-refractivity contribution in [3.8, 4) is 0 Å². The lowest BCUT2D eigenvalue weighted by molar-refractivity contribution is 0.0514. The predicted octanol–water partition coefficient (Wildman–Crippen LogP) is 6.07. The minimum atomic E-state index is -0.513. The van der Waals surface area contributed by atoms with Crippen molar-refractivity contribution in [1.29, 1.82) is 0 Å². The van der Waals surface area contributed by atoms with Gasteiger partial charge in [-0.3, -0.25) is 4.90 Å². The molecule has 2 N–H and O–H groups in total. The number of benzene rings is 1. The van der Waals surface area contributed by atoms with E-state index in [0.29, 0.717) is 5.92 Å². The van der Waals surface area contributed by atoms with E-state index in [1.807, 2.05) is 20.8 Å². The molecule has 0 aromatic heterocycles. The fourth-order valence-electron chi connectivity index (χ4n) is 5.16. The van der Waals surface area contributed by atoms with E-state index in [0.717, 1.165) is 49.9 Å². The van der Waals surface area contributed by atoms with Crippen molar-refractivity contribution in [1.82, 2.24) is 15.5 Å². The highest BCUT2D eigenvalue weighted by Crippen LogP contribution is 2.28. The number of ether oxygens (including phenoxy) is 1. The molecular weight excluding hydrogens is 442 g/mol. The Morgan fingerprint density at radius 3 is 2.38 bits per heavy atom. The predicted molar refractivity (Wildman–Crippen MR) is 144 cm³/mol. The molecule has 2 aliphatic rings. The number of amides is 1. The lowest BCUT2D eigenvalue weighted by Gasteiger charge is -2.33. The van der Waals surface area contributed by atoms with Gasteiger partial charge in [0.1, 0.15) is 5.60 Å². The molecule has 3 rings (SSSR count). The largest absolute Gasteiger partial charge is 0.444 e. The maximum Gasteiger partial charge on any atom is 0.408 e. The summed E-state index contributed by atoms with van der Waals surface area (Å²) in [6.07, 6.45) is 10.6. The Labute approximate surface area is 212 Å². The number of hydrogen-bond acceptors (Lipinski definition) is 4. The van der Waals surface area contributed by atoms with E-state index in [1.165, 1.54) is 50.5 Å². The molecule has 190 valence electrons. The van der Waals surface area contributed by atoms with Gasteiger partial charge in [0, 0.05) is 13.1 Å². The number of nitrogens with one attached hydrogen (secondary N) is 2. The first-order valence-electron chi connectivity index (χ1n) is 13.3. The molecule has 1 aromatic carbocycles. The second-order valence-electron chi connectivity index (χ2n) is 11.2. The van der Waals surface area contributed by atoms with Crippen molar-refractivity contribution in [2.24, 2.45) is 11.8 Å². The minimum absolute atomic E-state index is 0.162. The molecular formula is C28H45N3O2S. The Kier molecular flexibility index (Phi) is 10.6. The van der Waals surface area contributed by atoms with Gasteiger partial charge in [-0.15, -0.1) is 0 Å². The molecule has 1 heterocycles. The van der Waals surface area contributed by atoms with E-state index in [9.17, 15) is 4.79 Å². The maximum atomic E-state index is 12.5. The van der Waals surface area contributed by atoms with E-state index < -0.39 is 5.60 Å². The van der Waals surface area contributed by atoms with Crippen LogP contribution in [0.1, 0.15) is 84.1 Å². The summed E-state index contributed by atoms with van der Waals surface area (Å²) in [5.41, 5.74) is 0.870. The Hall–Kier alpha value is -1.66. The van der Waals surface area contributed by atoms with Crippen molar-refractivity contribution in [2.75, 3.05) is 19.6 Å². The maximum absolute atomic E-state index is 12.5. The first kappa shape index (κ1) is 26.9. The van der Waals surface area contributed by atoms with Crippen molar-refractivity contribution in [3.05, 3.63) is 35.9 Å². The average molecular weight is 488 g/mol. The van der Waals surface area contributed by atoms with Crippen molar-refractivity contribution in [2.45, 2.75) is 96.7 Å². The molecule has 6 heteroatoms. The monoisotopic (exact) mass is 487 g/mol. The summed E-state index contributed by atoms with van der Waals surface area (Å²) in [6, 6.07) is 10.6. The molecule has 1 aromatic rings. The third-order valence-corrected chi connectivity index (χ3v) is 7.55. The molecule has 0 bridgehead atoms. The molecule has 1 saturated heterocycles. The molecule has 1 amide bonds. The first-order chi connectivity index (χ1) is 16.3. The lowest BCUT2D eigenvalue weighted by atomic mass is 9.85. The number of carbonyl (C=O) groups excluding carboxylic acids is 1. The van der Waals surface area contributed by atoms with E-state index in [2.05, 4.69) is 45.9 Å². The van der Waals surface area contributed by atoms with Crippen LogP contribution < -0.4 is 10.6 Å². The number of carbonyl (C=O) groups is 1. The van der Waals surface area contributed by atoms with E-state index in [4.69, 9.17) is 17.0 Å². The molecule has 1 unspecified atom stereocenters. The second-order valence-corrected chi connectivity index (χ2v) is 11.7. The first-order valence-corrected chi connectivity index (χ1v) is 13.7. The molecule has 1 atom stereocenters. The standard InChI is InChI=1S/C28H45N3O2S/c1-28(2,3)33-27(32)30-25(15-14-22-10-6-4-7-11-22)26(34)29-20-23-16-18-31(19-17-23)21-24-12-8-5-9-13-24/h5,8-9,12-13,22-23,25H,4,6-7,10-11,14-21H2,1-3H3,(H,29,34)(H,30,32). The molecule has 2 fully saturated rings. The highest BCUT2D eigenvalue weighted by Gasteiger charge is 2.25. The van der Waals surface area contributed by atoms with Crippen LogP contribution in [0.3, 0.4) is 0 Å². The highest BCUT2D eigenvalue weighted by molar-refractivity contribution is 7.80. The summed E-state index contributed by atoms with van der Waals surface area (Å²) >= 11 is 5.79. The van der Waals surface area contributed by atoms with Gasteiger partial charge in [-0.2, -0.15) is 0 Å². The fourth-order valence-corrected chi connectivity index (χ4v) is 5.42. The third-order valence-electron chi connectivity index (χ3n) is 7.12. The number of hydrogen-bond donors (Lipinski definition) is 2. The van der Waals surface area contributed by atoms with Gasteiger partial charge in [0.25, 0.3) is 0 Å². The SMILES string of the molecule is CC(C)(C)OC(=O)NC(CCC1CCCCC1)C(=S)NCC1CCN(Cc2ccccc2)CC1. The van der Waals surface area contributed by atoms with Crippen molar-refractivity contribution in [3.63, 3.8) is 0 Å². The Balaban J connectivity index is 1.45. The van der Waals surface area contributed by atoms with Crippen molar-refractivity contribution >= 4 is 23.3 Å². The number of piperidine rings is 1. The quantitative estimate of drug-likeness (QED) is 0.414. The number of rotatable bonds is 9. The third kappa shape index (κ3) is 9.91. The van der Waals surface area contributed by atoms with E-state index in [1.54, 1.807) is 0 Å². The lowest BCUT2D eigenvalue weighted by Crippen LogP contribution is -2.49. The zero-order valence-corrected chi connectivity index (χ0v) is 22.3. The molecule has 1 aliphatic carbocycles. The van der Waals surface area contributed by atoms with Crippen LogP contribution in [0.2, 0.25) is 0 Å². The molecule has 1 saturated carbocycles. The Morgan fingerprint density at radius 2 is 1.74 bits per heavy atom. The van der Waals surface area contributed by atoms with Gasteiger partial charge < -0.3 is 15.4 Å². The molecule has 0 radical (unpaired) electrons. The van der Waals surface area contributed by atoms with Gasteiger partial charge in [0.2, 0.25) is 0 Å². The fraction of sp³-hybridized carbons (Fsp3) is 0.714. The molecule has 34 heavy (non-hydrogen) atoms. The van der Waals surface area contributed by atoms with Gasteiger partial charge in [-0.05, 0) is 76.9 Å². The van der Waals surface area contributed by atoms with Crippen LogP contribution in [-0.4, -0.2) is 47.3 Å². The van der Waals surface area contributed by atoms with Crippen LogP contribution >= 0.6 is 12.2 Å². The number of thiocarbonyl (C=S) groups is 1. The van der Waals surface area contributed by atoms with E-state index in [-0.39, 0.29) is 12.1 Å². The second kappa shape index (κ2) is 13.4. The van der Waals surface area contributed by atoms with Gasteiger partial charge in [-0.25, -0.2) is 4.79 Å². The summed E-state index contributed by atoms with van der Waals surface area (Å²) in [6.45, 7) is 9.83. The summed E-state index contributed by atoms with van der Waals surface area (Å²) in [4.78, 5) is 15.8. The summed E-state index contributed by atoms with van der Waals surface area (Å²) in [5, 5.41) is 6.58. The van der Waals surface area contributed by atoms with Crippen LogP contribution in [0.25, 0.3) is 0 Å². The van der Waals surface area contributed by atoms with E-state index >= 15 is 0 Å². The van der Waals surface area contributed by atoms with Gasteiger partial charge >= 0.3 is 6.09 Å². The Bertz CT molecular complexity index is 751. The summed E-state index contributed by atoms with van der Waals surface area (Å²) in [7, 11) is 0. The van der Waals surface area contributed by atoms with Crippen LogP contribution in [0.15, 0.2) is 30.3 Å². The van der Waals surface area contributed by atoms with Crippen LogP contribution in [-0.2, 0) is 11.3 Å². The summed E-state index contributed by atoms with van der Waals surface area (Å²) in [5.74, 6) is 1.37. The zero-order chi connectivity index (χ0) is 24.4. The van der Waals surface area contributed by atoms with Gasteiger partial charge in [-0.1, -0.05) is 74.7 Å². The average Bonchev–Trinajstić information content (AvgIpc) is 2.81. The molecule has 5 nitrogen and oxygen atoms in total. The molecule has 0 spiro atoms. The normalized spacial score (nSPS) is 19.4.